The molecule has 1 aliphatic rings. The zero-order chi connectivity index (χ0) is 13.8. The van der Waals surface area contributed by atoms with E-state index in [1.165, 1.54) is 19.3 Å². The molecule has 0 spiro atoms. The third kappa shape index (κ3) is 3.26. The summed E-state index contributed by atoms with van der Waals surface area (Å²) in [5.41, 5.74) is 7.20. The van der Waals surface area contributed by atoms with E-state index in [0.29, 0.717) is 12.2 Å². The number of nitrogen functional groups attached to an aromatic ring is 1. The smallest absolute Gasteiger partial charge is 0.338 e. The average Bonchev–Trinajstić information content (AvgIpc) is 2.31. The van der Waals surface area contributed by atoms with Crippen LogP contribution >= 0.6 is 0 Å². The number of aromatic carboxylic acids is 1. The number of carbonyl (C=O) groups is 1. The summed E-state index contributed by atoms with van der Waals surface area (Å²) in [6.45, 7) is 4.78. The first kappa shape index (κ1) is 13.9. The van der Waals surface area contributed by atoms with Crippen molar-refractivity contribution in [3.8, 4) is 0 Å². The van der Waals surface area contributed by atoms with Gasteiger partial charge in [0.2, 0.25) is 0 Å². The molecule has 4 heteroatoms. The molecule has 1 aromatic rings. The van der Waals surface area contributed by atoms with Gasteiger partial charge in [-0.15, -0.1) is 0 Å². The molecular formula is C15H22N2O2. The summed E-state index contributed by atoms with van der Waals surface area (Å²) in [6.07, 6.45) is 3.94. The normalized spacial score (nSPS) is 15.5. The lowest BCUT2D eigenvalue weighted by atomic mass is 9.85. The largest absolute Gasteiger partial charge is 0.478 e. The molecule has 0 unspecified atom stereocenters. The van der Waals surface area contributed by atoms with Crippen LogP contribution in [0, 0.1) is 5.92 Å². The maximum absolute atomic E-state index is 11.3. The molecule has 1 fully saturated rings. The molecule has 1 saturated carbocycles. The van der Waals surface area contributed by atoms with Gasteiger partial charge in [-0.25, -0.2) is 4.79 Å². The Balaban J connectivity index is 2.11. The van der Waals surface area contributed by atoms with Crippen LogP contribution < -0.4 is 5.73 Å². The molecule has 4 nitrogen and oxygen atoms in total. The standard InChI is InChI=1S/C15H22N2O2/c1-2-17(9-11-5-3-6-11)10-12-7-4-8-13(16)14(12)15(18)19/h4,7-8,11H,2-3,5-6,9-10,16H2,1H3,(H,18,19). The van der Waals surface area contributed by atoms with Crippen molar-refractivity contribution in [2.75, 3.05) is 18.8 Å². The van der Waals surface area contributed by atoms with Crippen molar-refractivity contribution in [2.45, 2.75) is 32.7 Å². The molecule has 1 aliphatic carbocycles. The molecule has 1 aromatic carbocycles. The van der Waals surface area contributed by atoms with Crippen LogP contribution in [0.4, 0.5) is 5.69 Å². The SMILES string of the molecule is CCN(Cc1cccc(N)c1C(=O)O)CC1CCC1. The third-order valence-electron chi connectivity index (χ3n) is 3.98. The number of hydrogen-bond donors (Lipinski definition) is 2. The summed E-state index contributed by atoms with van der Waals surface area (Å²) >= 11 is 0. The lowest BCUT2D eigenvalue weighted by molar-refractivity contribution is 0.0695. The van der Waals surface area contributed by atoms with E-state index in [0.717, 1.165) is 24.6 Å². The van der Waals surface area contributed by atoms with Crippen LogP contribution in [-0.4, -0.2) is 29.1 Å². The van der Waals surface area contributed by atoms with E-state index in [4.69, 9.17) is 5.73 Å². The molecule has 19 heavy (non-hydrogen) atoms. The maximum atomic E-state index is 11.3. The Morgan fingerprint density at radius 3 is 2.74 bits per heavy atom. The Hall–Kier alpha value is -1.55. The summed E-state index contributed by atoms with van der Waals surface area (Å²) in [4.78, 5) is 13.6. The van der Waals surface area contributed by atoms with Crippen molar-refractivity contribution in [1.29, 1.82) is 0 Å². The average molecular weight is 262 g/mol. The quantitative estimate of drug-likeness (QED) is 0.773. The van der Waals surface area contributed by atoms with Crippen LogP contribution in [-0.2, 0) is 6.54 Å². The summed E-state index contributed by atoms with van der Waals surface area (Å²) in [7, 11) is 0. The van der Waals surface area contributed by atoms with Gasteiger partial charge in [-0.05, 0) is 36.9 Å². The first-order chi connectivity index (χ1) is 9.11. The van der Waals surface area contributed by atoms with E-state index >= 15 is 0 Å². The second-order valence-corrected chi connectivity index (χ2v) is 5.31. The molecule has 104 valence electrons. The summed E-state index contributed by atoms with van der Waals surface area (Å²) in [5.74, 6) is -0.151. The van der Waals surface area contributed by atoms with Gasteiger partial charge < -0.3 is 10.8 Å². The minimum Gasteiger partial charge on any atom is -0.478 e. The number of carboxylic acid groups (broad SMARTS) is 1. The highest BCUT2D eigenvalue weighted by molar-refractivity contribution is 5.95. The predicted octanol–water partition coefficient (Wildman–Crippen LogP) is 2.59. The second kappa shape index (κ2) is 6.06. The first-order valence-electron chi connectivity index (χ1n) is 6.94. The van der Waals surface area contributed by atoms with E-state index < -0.39 is 5.97 Å². The predicted molar refractivity (Wildman–Crippen MR) is 76.1 cm³/mol. The number of rotatable bonds is 6. The lowest BCUT2D eigenvalue weighted by Gasteiger charge is -2.32. The van der Waals surface area contributed by atoms with E-state index in [-0.39, 0.29) is 5.56 Å². The summed E-state index contributed by atoms with van der Waals surface area (Å²) < 4.78 is 0. The molecule has 0 bridgehead atoms. The number of hydrogen-bond acceptors (Lipinski definition) is 3. The number of benzene rings is 1. The number of nitrogens with zero attached hydrogens (tertiary/aromatic N) is 1. The van der Waals surface area contributed by atoms with E-state index in [1.54, 1.807) is 6.07 Å². The monoisotopic (exact) mass is 262 g/mol. The fourth-order valence-electron chi connectivity index (χ4n) is 2.60. The first-order valence-corrected chi connectivity index (χ1v) is 6.94. The van der Waals surface area contributed by atoms with E-state index in [1.807, 2.05) is 12.1 Å². The maximum Gasteiger partial charge on any atom is 0.338 e. The minimum absolute atomic E-state index is 0.259. The zero-order valence-electron chi connectivity index (χ0n) is 11.4. The van der Waals surface area contributed by atoms with Crippen LogP contribution in [0.2, 0.25) is 0 Å². The van der Waals surface area contributed by atoms with E-state index in [9.17, 15) is 9.90 Å². The highest BCUT2D eigenvalue weighted by atomic mass is 16.4. The number of nitrogens with two attached hydrogens (primary N) is 1. The van der Waals surface area contributed by atoms with Gasteiger partial charge in [-0.3, -0.25) is 4.90 Å². The van der Waals surface area contributed by atoms with Crippen molar-refractivity contribution in [3.05, 3.63) is 29.3 Å². The lowest BCUT2D eigenvalue weighted by Crippen LogP contribution is -2.32. The Kier molecular flexibility index (Phi) is 4.43. The van der Waals surface area contributed by atoms with Gasteiger partial charge in [0.05, 0.1) is 5.56 Å². The molecule has 0 radical (unpaired) electrons. The molecule has 0 aliphatic heterocycles. The highest BCUT2D eigenvalue weighted by Gasteiger charge is 2.21. The summed E-state index contributed by atoms with van der Waals surface area (Å²) in [6, 6.07) is 5.34. The molecule has 0 atom stereocenters. The van der Waals surface area contributed by atoms with Crippen LogP contribution in [0.15, 0.2) is 18.2 Å². The molecule has 0 heterocycles. The molecular weight excluding hydrogens is 240 g/mol. The molecule has 0 saturated heterocycles. The zero-order valence-corrected chi connectivity index (χ0v) is 11.4. The Bertz CT molecular complexity index is 455. The van der Waals surface area contributed by atoms with Crippen molar-refractivity contribution in [3.63, 3.8) is 0 Å². The molecule has 0 amide bonds. The van der Waals surface area contributed by atoms with Crippen LogP contribution in [0.1, 0.15) is 42.1 Å². The molecule has 3 N–H and O–H groups in total. The van der Waals surface area contributed by atoms with Gasteiger partial charge in [-0.2, -0.15) is 0 Å². The minimum atomic E-state index is -0.937. The number of anilines is 1. The van der Waals surface area contributed by atoms with Crippen molar-refractivity contribution < 1.29 is 9.90 Å². The van der Waals surface area contributed by atoms with Crippen LogP contribution in [0.25, 0.3) is 0 Å². The van der Waals surface area contributed by atoms with Gasteiger partial charge in [0.1, 0.15) is 0 Å². The topological polar surface area (TPSA) is 66.6 Å². The van der Waals surface area contributed by atoms with Gasteiger partial charge in [0, 0.05) is 18.8 Å². The third-order valence-corrected chi connectivity index (χ3v) is 3.98. The Labute approximate surface area is 114 Å². The molecule has 0 aromatic heterocycles. The van der Waals surface area contributed by atoms with Crippen molar-refractivity contribution >= 4 is 11.7 Å². The molecule has 2 rings (SSSR count). The fraction of sp³-hybridized carbons (Fsp3) is 0.533. The second-order valence-electron chi connectivity index (χ2n) is 5.31. The van der Waals surface area contributed by atoms with Gasteiger partial charge in [0.25, 0.3) is 0 Å². The van der Waals surface area contributed by atoms with Gasteiger partial charge in [-0.1, -0.05) is 25.5 Å². The Morgan fingerprint density at radius 1 is 1.47 bits per heavy atom. The van der Waals surface area contributed by atoms with Crippen LogP contribution in [0.3, 0.4) is 0 Å². The van der Waals surface area contributed by atoms with Crippen molar-refractivity contribution in [2.24, 2.45) is 5.92 Å². The van der Waals surface area contributed by atoms with Gasteiger partial charge in [0.15, 0.2) is 0 Å². The summed E-state index contributed by atoms with van der Waals surface area (Å²) in [5, 5.41) is 9.27. The Morgan fingerprint density at radius 2 is 2.21 bits per heavy atom. The highest BCUT2D eigenvalue weighted by Crippen LogP contribution is 2.28. The van der Waals surface area contributed by atoms with E-state index in [2.05, 4.69) is 11.8 Å². The van der Waals surface area contributed by atoms with Crippen LogP contribution in [0.5, 0.6) is 0 Å². The number of carboxylic acids is 1. The van der Waals surface area contributed by atoms with Crippen molar-refractivity contribution in [1.82, 2.24) is 4.90 Å². The fourth-order valence-corrected chi connectivity index (χ4v) is 2.60. The van der Waals surface area contributed by atoms with Gasteiger partial charge >= 0.3 is 5.97 Å².